The fourth-order valence-electron chi connectivity index (χ4n) is 1.02. The number of hydrogen-bond donors (Lipinski definition) is 1. The first kappa shape index (κ1) is 9.68. The highest BCUT2D eigenvalue weighted by Crippen LogP contribution is 2.13. The predicted molar refractivity (Wildman–Crippen MR) is 53.4 cm³/mol. The average Bonchev–Trinajstić information content (AvgIpc) is 2.35. The summed E-state index contributed by atoms with van der Waals surface area (Å²) in [6.45, 7) is 6.24. The van der Waals surface area contributed by atoms with Crippen LogP contribution in [-0.2, 0) is 6.42 Å². The van der Waals surface area contributed by atoms with Gasteiger partial charge in [-0.05, 0) is 26.2 Å². The molecule has 1 rings (SSSR count). The lowest BCUT2D eigenvalue weighted by molar-refractivity contribution is 0.477. The molecule has 0 aliphatic heterocycles. The van der Waals surface area contributed by atoms with E-state index >= 15 is 0 Å². The van der Waals surface area contributed by atoms with Crippen molar-refractivity contribution < 1.29 is 0 Å². The van der Waals surface area contributed by atoms with Crippen LogP contribution in [0.5, 0.6) is 0 Å². The third-order valence-electron chi connectivity index (χ3n) is 2.10. The van der Waals surface area contributed by atoms with Gasteiger partial charge in [0.25, 0.3) is 0 Å². The molecule has 68 valence electrons. The minimum atomic E-state index is 0.256. The second-order valence-electron chi connectivity index (χ2n) is 3.40. The second kappa shape index (κ2) is 4.01. The van der Waals surface area contributed by atoms with Crippen molar-refractivity contribution >= 4 is 11.3 Å². The number of hydrogen-bond acceptors (Lipinski definition) is 3. The Bertz CT molecular complexity index is 242. The van der Waals surface area contributed by atoms with Crippen LogP contribution < -0.4 is 5.73 Å². The molecule has 0 saturated carbocycles. The molecule has 0 bridgehead atoms. The third kappa shape index (κ3) is 2.57. The first-order chi connectivity index (χ1) is 5.59. The Hall–Kier alpha value is -0.410. The van der Waals surface area contributed by atoms with E-state index in [1.807, 2.05) is 13.8 Å². The first-order valence-electron chi connectivity index (χ1n) is 4.26. The number of rotatable bonds is 3. The van der Waals surface area contributed by atoms with Gasteiger partial charge < -0.3 is 5.73 Å². The Labute approximate surface area is 77.8 Å². The fourth-order valence-corrected chi connectivity index (χ4v) is 1.64. The van der Waals surface area contributed by atoms with E-state index in [2.05, 4.69) is 17.3 Å². The summed E-state index contributed by atoms with van der Waals surface area (Å²) in [4.78, 5) is 4.40. The van der Waals surface area contributed by atoms with Crippen LogP contribution in [0.4, 0.5) is 0 Å². The van der Waals surface area contributed by atoms with Gasteiger partial charge in [-0.1, -0.05) is 6.92 Å². The van der Waals surface area contributed by atoms with Crippen LogP contribution >= 0.6 is 11.3 Å². The molecule has 0 aliphatic rings. The number of aromatic nitrogens is 1. The topological polar surface area (TPSA) is 38.9 Å². The zero-order valence-electron chi connectivity index (χ0n) is 7.87. The number of aryl methyl sites for hydroxylation is 1. The van der Waals surface area contributed by atoms with Crippen LogP contribution in [-0.4, -0.2) is 11.0 Å². The molecule has 0 fully saturated rings. The highest BCUT2D eigenvalue weighted by Gasteiger charge is 2.09. The molecule has 3 heteroatoms. The van der Waals surface area contributed by atoms with Crippen LogP contribution in [0.2, 0.25) is 0 Å². The first-order valence-corrected chi connectivity index (χ1v) is 5.14. The number of thiazole rings is 1. The number of nitrogens with two attached hydrogens (primary N) is 1. The maximum Gasteiger partial charge on any atom is 0.0897 e. The summed E-state index contributed by atoms with van der Waals surface area (Å²) in [5, 5.41) is 3.26. The maximum atomic E-state index is 5.77. The van der Waals surface area contributed by atoms with E-state index in [9.17, 15) is 0 Å². The van der Waals surface area contributed by atoms with Gasteiger partial charge >= 0.3 is 0 Å². The van der Waals surface area contributed by atoms with Crippen molar-refractivity contribution in [3.8, 4) is 0 Å². The van der Waals surface area contributed by atoms with Gasteiger partial charge in [0.2, 0.25) is 0 Å². The van der Waals surface area contributed by atoms with Crippen molar-refractivity contribution in [1.29, 1.82) is 0 Å². The Morgan fingerprint density at radius 1 is 1.58 bits per heavy atom. The van der Waals surface area contributed by atoms with Gasteiger partial charge in [0, 0.05) is 11.4 Å². The molecule has 1 heterocycles. The SMILES string of the molecule is Cc1nc(CC(C)C(C)N)cs1. The van der Waals surface area contributed by atoms with Gasteiger partial charge in [-0.2, -0.15) is 0 Å². The van der Waals surface area contributed by atoms with E-state index in [-0.39, 0.29) is 6.04 Å². The lowest BCUT2D eigenvalue weighted by atomic mass is 9.99. The summed E-state index contributed by atoms with van der Waals surface area (Å²) in [6, 6.07) is 0.256. The van der Waals surface area contributed by atoms with E-state index in [1.54, 1.807) is 11.3 Å². The molecule has 2 nitrogen and oxygen atoms in total. The van der Waals surface area contributed by atoms with E-state index < -0.39 is 0 Å². The van der Waals surface area contributed by atoms with E-state index in [4.69, 9.17) is 5.73 Å². The van der Waals surface area contributed by atoms with Crippen molar-refractivity contribution in [2.75, 3.05) is 0 Å². The summed E-state index contributed by atoms with van der Waals surface area (Å²) in [5.41, 5.74) is 6.95. The summed E-state index contributed by atoms with van der Waals surface area (Å²) in [6.07, 6.45) is 1.00. The van der Waals surface area contributed by atoms with E-state index in [0.29, 0.717) is 5.92 Å². The molecule has 0 saturated heterocycles. The standard InChI is InChI=1S/C9H16N2S/c1-6(7(2)10)4-9-5-12-8(3)11-9/h5-7H,4,10H2,1-3H3. The molecule has 2 N–H and O–H groups in total. The molecule has 0 radical (unpaired) electrons. The lowest BCUT2D eigenvalue weighted by Gasteiger charge is -2.13. The van der Waals surface area contributed by atoms with Gasteiger partial charge in [0.1, 0.15) is 0 Å². The molecule has 0 aliphatic carbocycles. The lowest BCUT2D eigenvalue weighted by Crippen LogP contribution is -2.25. The van der Waals surface area contributed by atoms with Crippen molar-refractivity contribution in [3.63, 3.8) is 0 Å². The fraction of sp³-hybridized carbons (Fsp3) is 0.667. The number of nitrogens with zero attached hydrogens (tertiary/aromatic N) is 1. The van der Waals surface area contributed by atoms with Crippen molar-refractivity contribution in [1.82, 2.24) is 4.98 Å². The van der Waals surface area contributed by atoms with Gasteiger partial charge in [-0.15, -0.1) is 11.3 Å². The van der Waals surface area contributed by atoms with Gasteiger partial charge in [-0.3, -0.25) is 0 Å². The highest BCUT2D eigenvalue weighted by atomic mass is 32.1. The van der Waals surface area contributed by atoms with Crippen LogP contribution in [0.1, 0.15) is 24.5 Å². The zero-order chi connectivity index (χ0) is 9.14. The van der Waals surface area contributed by atoms with Gasteiger partial charge in [-0.25, -0.2) is 4.98 Å². The smallest absolute Gasteiger partial charge is 0.0897 e. The zero-order valence-corrected chi connectivity index (χ0v) is 8.69. The molecule has 0 amide bonds. The summed E-state index contributed by atoms with van der Waals surface area (Å²) in [7, 11) is 0. The Morgan fingerprint density at radius 3 is 2.67 bits per heavy atom. The quantitative estimate of drug-likeness (QED) is 0.780. The minimum Gasteiger partial charge on any atom is -0.328 e. The molecule has 2 unspecified atom stereocenters. The minimum absolute atomic E-state index is 0.256. The van der Waals surface area contributed by atoms with E-state index in [0.717, 1.165) is 11.4 Å². The molecule has 0 aromatic carbocycles. The van der Waals surface area contributed by atoms with E-state index in [1.165, 1.54) is 5.69 Å². The molecule has 1 aromatic rings. The van der Waals surface area contributed by atoms with Crippen LogP contribution in [0.15, 0.2) is 5.38 Å². The third-order valence-corrected chi connectivity index (χ3v) is 2.92. The Kier molecular flexibility index (Phi) is 3.23. The Balaban J connectivity index is 2.52. The normalized spacial score (nSPS) is 16.0. The predicted octanol–water partition coefficient (Wildman–Crippen LogP) is 1.98. The monoisotopic (exact) mass is 184 g/mol. The molecular formula is C9H16N2S. The average molecular weight is 184 g/mol. The van der Waals surface area contributed by atoms with Crippen molar-refractivity contribution in [2.24, 2.45) is 11.7 Å². The molecule has 2 atom stereocenters. The van der Waals surface area contributed by atoms with Crippen LogP contribution in [0, 0.1) is 12.8 Å². The largest absolute Gasteiger partial charge is 0.328 e. The molecule has 1 aromatic heterocycles. The van der Waals surface area contributed by atoms with Crippen LogP contribution in [0.3, 0.4) is 0 Å². The highest BCUT2D eigenvalue weighted by molar-refractivity contribution is 7.09. The maximum absolute atomic E-state index is 5.77. The molecular weight excluding hydrogens is 168 g/mol. The second-order valence-corrected chi connectivity index (χ2v) is 4.46. The van der Waals surface area contributed by atoms with Gasteiger partial charge in [0.15, 0.2) is 0 Å². The summed E-state index contributed by atoms with van der Waals surface area (Å²) in [5.74, 6) is 0.520. The summed E-state index contributed by atoms with van der Waals surface area (Å²) >= 11 is 1.71. The Morgan fingerprint density at radius 2 is 2.25 bits per heavy atom. The van der Waals surface area contributed by atoms with Gasteiger partial charge in [0.05, 0.1) is 10.7 Å². The summed E-state index contributed by atoms with van der Waals surface area (Å²) < 4.78 is 0. The van der Waals surface area contributed by atoms with Crippen LogP contribution in [0.25, 0.3) is 0 Å². The molecule has 12 heavy (non-hydrogen) atoms. The van der Waals surface area contributed by atoms with Crippen molar-refractivity contribution in [2.45, 2.75) is 33.2 Å². The van der Waals surface area contributed by atoms with Crippen molar-refractivity contribution in [3.05, 3.63) is 16.1 Å². The molecule has 0 spiro atoms.